The summed E-state index contributed by atoms with van der Waals surface area (Å²) in [5.41, 5.74) is 1.34. The summed E-state index contributed by atoms with van der Waals surface area (Å²) in [7, 11) is 0. The Morgan fingerprint density at radius 3 is 2.48 bits per heavy atom. The molecule has 0 radical (unpaired) electrons. The molecule has 0 bridgehead atoms. The first kappa shape index (κ1) is 19.9. The molecule has 0 saturated carbocycles. The van der Waals surface area contributed by atoms with Gasteiger partial charge in [0.2, 0.25) is 5.91 Å². The molecule has 2 fully saturated rings. The van der Waals surface area contributed by atoms with Crippen LogP contribution in [0.4, 0.5) is 10.5 Å². The van der Waals surface area contributed by atoms with Crippen molar-refractivity contribution in [2.24, 2.45) is 0 Å². The van der Waals surface area contributed by atoms with Crippen LogP contribution in [0, 0.1) is 0 Å². The molecule has 2 saturated heterocycles. The van der Waals surface area contributed by atoms with Crippen LogP contribution in [0.3, 0.4) is 0 Å². The fraction of sp³-hybridized carbons (Fsp3) is 0.350. The van der Waals surface area contributed by atoms with Gasteiger partial charge < -0.3 is 19.9 Å². The third-order valence-corrected chi connectivity index (χ3v) is 6.51. The van der Waals surface area contributed by atoms with E-state index in [4.69, 9.17) is 4.74 Å². The Labute approximate surface area is 180 Å². The zero-order valence-corrected chi connectivity index (χ0v) is 18.0. The second-order valence-electron chi connectivity index (χ2n) is 7.04. The molecule has 1 N–H and O–H groups in total. The van der Waals surface area contributed by atoms with Gasteiger partial charge in [-0.25, -0.2) is 4.79 Å². The lowest BCUT2D eigenvalue weighted by atomic mass is 10.1. The minimum Gasteiger partial charge on any atom is -0.399 e. The maximum absolute atomic E-state index is 12.5. The van der Waals surface area contributed by atoms with Crippen molar-refractivity contribution in [1.82, 2.24) is 10.2 Å². The van der Waals surface area contributed by atoms with Crippen LogP contribution in [-0.4, -0.2) is 48.5 Å². The number of amides is 3. The van der Waals surface area contributed by atoms with Crippen molar-refractivity contribution in [2.45, 2.75) is 25.3 Å². The average molecular weight is 478 g/mol. The first-order chi connectivity index (χ1) is 14.0. The molecular weight excluding hydrogens is 458 g/mol. The molecule has 29 heavy (non-hydrogen) atoms. The number of hydrogen-bond donors (Lipinski definition) is 1. The predicted molar refractivity (Wildman–Crippen MR) is 114 cm³/mol. The Morgan fingerprint density at radius 1 is 1.10 bits per heavy atom. The molecule has 9 heteroatoms. The first-order valence-corrected chi connectivity index (χ1v) is 11.0. The monoisotopic (exact) mass is 477 g/mol. The molecule has 1 aromatic carbocycles. The first-order valence-electron chi connectivity index (χ1n) is 9.43. The van der Waals surface area contributed by atoms with Crippen LogP contribution in [0.5, 0.6) is 5.06 Å². The fourth-order valence-corrected chi connectivity index (χ4v) is 4.77. The second kappa shape index (κ2) is 8.54. The molecule has 1 aromatic heterocycles. The molecule has 0 aliphatic carbocycles. The van der Waals surface area contributed by atoms with Gasteiger partial charge in [-0.1, -0.05) is 11.3 Å². The minimum absolute atomic E-state index is 0.0318. The van der Waals surface area contributed by atoms with Gasteiger partial charge in [0.1, 0.15) is 0 Å². The average Bonchev–Trinajstić information content (AvgIpc) is 3.44. The van der Waals surface area contributed by atoms with Crippen molar-refractivity contribution in [3.63, 3.8) is 0 Å². The largest absolute Gasteiger partial charge is 0.413 e. The van der Waals surface area contributed by atoms with Gasteiger partial charge >= 0.3 is 6.09 Å². The van der Waals surface area contributed by atoms with Crippen molar-refractivity contribution in [3.05, 3.63) is 45.7 Å². The number of benzene rings is 1. The summed E-state index contributed by atoms with van der Waals surface area (Å²) in [6.45, 7) is 1.97. The molecule has 3 heterocycles. The molecule has 0 unspecified atom stereocenters. The van der Waals surface area contributed by atoms with Crippen molar-refractivity contribution in [3.8, 4) is 5.06 Å². The summed E-state index contributed by atoms with van der Waals surface area (Å²) in [5, 5.41) is 3.22. The lowest BCUT2D eigenvalue weighted by Crippen LogP contribution is -2.38. The number of anilines is 1. The number of halogens is 1. The minimum atomic E-state index is -0.578. The SMILES string of the molecule is O=C(N[C@@H]1CC(=O)N(c2ccc(C(=O)N3CCCC3)cc2)C1)Oc1ccc(Br)s1. The van der Waals surface area contributed by atoms with Crippen LogP contribution in [0.15, 0.2) is 40.2 Å². The van der Waals surface area contributed by atoms with E-state index in [0.29, 0.717) is 22.9 Å². The van der Waals surface area contributed by atoms with E-state index in [0.717, 1.165) is 29.7 Å². The van der Waals surface area contributed by atoms with Gasteiger partial charge in [-0.3, -0.25) is 9.59 Å². The van der Waals surface area contributed by atoms with Gasteiger partial charge in [-0.15, -0.1) is 0 Å². The second-order valence-corrected chi connectivity index (χ2v) is 9.47. The number of thiophene rings is 1. The summed E-state index contributed by atoms with van der Waals surface area (Å²) in [4.78, 5) is 40.4. The number of likely N-dealkylation sites (tertiary alicyclic amines) is 1. The molecular formula is C20H20BrN3O4S. The number of nitrogens with zero attached hydrogens (tertiary/aromatic N) is 2. The molecule has 2 aromatic rings. The quantitative estimate of drug-likeness (QED) is 0.728. The normalized spacial score (nSPS) is 18.9. The number of nitrogens with one attached hydrogen (secondary N) is 1. The van der Waals surface area contributed by atoms with Crippen molar-refractivity contribution >= 4 is 50.9 Å². The van der Waals surface area contributed by atoms with Crippen LogP contribution in [-0.2, 0) is 4.79 Å². The van der Waals surface area contributed by atoms with Gasteiger partial charge in [0, 0.05) is 37.3 Å². The zero-order valence-electron chi connectivity index (χ0n) is 15.6. The smallest absolute Gasteiger partial charge is 0.399 e. The molecule has 152 valence electrons. The number of hydrogen-bond acceptors (Lipinski definition) is 5. The fourth-order valence-electron chi connectivity index (χ4n) is 3.58. The summed E-state index contributed by atoms with van der Waals surface area (Å²) in [6, 6.07) is 10.2. The lowest BCUT2D eigenvalue weighted by Gasteiger charge is -2.19. The topological polar surface area (TPSA) is 79.0 Å². The Bertz CT molecular complexity index is 924. The van der Waals surface area contributed by atoms with E-state index in [1.165, 1.54) is 11.3 Å². The summed E-state index contributed by atoms with van der Waals surface area (Å²) in [5.74, 6) is -0.0444. The summed E-state index contributed by atoms with van der Waals surface area (Å²) < 4.78 is 6.10. The molecule has 2 aliphatic heterocycles. The highest BCUT2D eigenvalue weighted by Crippen LogP contribution is 2.29. The van der Waals surface area contributed by atoms with E-state index in [2.05, 4.69) is 21.2 Å². The van der Waals surface area contributed by atoms with E-state index >= 15 is 0 Å². The van der Waals surface area contributed by atoms with E-state index in [1.54, 1.807) is 41.3 Å². The van der Waals surface area contributed by atoms with Crippen molar-refractivity contribution < 1.29 is 19.1 Å². The van der Waals surface area contributed by atoms with E-state index in [-0.39, 0.29) is 24.3 Å². The highest BCUT2D eigenvalue weighted by Gasteiger charge is 2.32. The molecule has 2 aliphatic rings. The maximum Gasteiger partial charge on any atom is 0.413 e. The van der Waals surface area contributed by atoms with E-state index in [1.807, 2.05) is 4.90 Å². The zero-order chi connectivity index (χ0) is 20.4. The highest BCUT2D eigenvalue weighted by atomic mass is 79.9. The van der Waals surface area contributed by atoms with Gasteiger partial charge in [-0.2, -0.15) is 0 Å². The van der Waals surface area contributed by atoms with Gasteiger partial charge in [0.25, 0.3) is 5.91 Å². The number of ether oxygens (including phenoxy) is 1. The Hall–Kier alpha value is -2.39. The van der Waals surface area contributed by atoms with Gasteiger partial charge in [0.05, 0.1) is 9.83 Å². The number of carbonyl (C=O) groups is 3. The van der Waals surface area contributed by atoms with Gasteiger partial charge in [-0.05, 0) is 65.2 Å². The Morgan fingerprint density at radius 2 is 1.83 bits per heavy atom. The summed E-state index contributed by atoms with van der Waals surface area (Å²) >= 11 is 4.63. The molecule has 3 amide bonds. The lowest BCUT2D eigenvalue weighted by molar-refractivity contribution is -0.117. The Balaban J connectivity index is 1.35. The Kier molecular flexibility index (Phi) is 5.86. The highest BCUT2D eigenvalue weighted by molar-refractivity contribution is 9.11. The van der Waals surface area contributed by atoms with Crippen LogP contribution >= 0.6 is 27.3 Å². The van der Waals surface area contributed by atoms with Crippen LogP contribution in [0.1, 0.15) is 29.6 Å². The van der Waals surface area contributed by atoms with Crippen LogP contribution in [0.2, 0.25) is 0 Å². The van der Waals surface area contributed by atoms with Crippen LogP contribution < -0.4 is 15.0 Å². The molecule has 7 nitrogen and oxygen atoms in total. The van der Waals surface area contributed by atoms with Gasteiger partial charge in [0.15, 0.2) is 5.06 Å². The number of rotatable bonds is 4. The van der Waals surface area contributed by atoms with E-state index < -0.39 is 6.09 Å². The standard InChI is InChI=1S/C20H20BrN3O4S/c21-16-7-8-18(29-16)28-20(27)22-14-11-17(25)24(12-14)15-5-3-13(4-6-15)19(26)23-9-1-2-10-23/h3-8,14H,1-2,9-12H2,(H,22,27)/t14-/m1/s1. The molecule has 0 spiro atoms. The maximum atomic E-state index is 12.5. The van der Waals surface area contributed by atoms with Crippen molar-refractivity contribution in [1.29, 1.82) is 0 Å². The molecule has 4 rings (SSSR count). The third kappa shape index (κ3) is 4.62. The van der Waals surface area contributed by atoms with E-state index in [9.17, 15) is 14.4 Å². The van der Waals surface area contributed by atoms with Crippen LogP contribution in [0.25, 0.3) is 0 Å². The third-order valence-electron chi connectivity index (χ3n) is 5.01. The molecule has 1 atom stereocenters. The van der Waals surface area contributed by atoms with Crippen molar-refractivity contribution in [2.75, 3.05) is 24.5 Å². The predicted octanol–water partition coefficient (Wildman–Crippen LogP) is 3.64. The number of carbonyl (C=O) groups excluding carboxylic acids is 3. The summed E-state index contributed by atoms with van der Waals surface area (Å²) in [6.07, 6.45) is 1.72.